The third-order valence-corrected chi connectivity index (χ3v) is 5.09. The van der Waals surface area contributed by atoms with Gasteiger partial charge in [-0.05, 0) is 71.6 Å². The van der Waals surface area contributed by atoms with Crippen LogP contribution in [0.1, 0.15) is 36.5 Å². The van der Waals surface area contributed by atoms with E-state index in [4.69, 9.17) is 11.6 Å². The summed E-state index contributed by atoms with van der Waals surface area (Å²) < 4.78 is 0. The number of aliphatic imine (C=N–C) groups is 1. The Hall–Kier alpha value is -2.24. The van der Waals surface area contributed by atoms with Crippen LogP contribution in [0.4, 0.5) is 10.5 Å². The Bertz CT molecular complexity index is 918. The van der Waals surface area contributed by atoms with Gasteiger partial charge in [-0.15, -0.1) is 0 Å². The fourth-order valence-electron chi connectivity index (χ4n) is 2.62. The number of hydrogen-bond acceptors (Lipinski definition) is 4. The van der Waals surface area contributed by atoms with Crippen molar-refractivity contribution in [2.45, 2.75) is 26.7 Å². The Morgan fingerprint density at radius 3 is 2.58 bits per heavy atom. The number of halogens is 1. The summed E-state index contributed by atoms with van der Waals surface area (Å²) in [6.07, 6.45) is 1.90. The van der Waals surface area contributed by atoms with Gasteiger partial charge in [-0.25, -0.2) is 4.99 Å². The van der Waals surface area contributed by atoms with E-state index in [0.717, 1.165) is 39.0 Å². The number of hydrogen-bond donors (Lipinski definition) is 2. The molecule has 1 fully saturated rings. The largest absolute Gasteiger partial charge is 0.508 e. The number of aromatic hydroxyl groups is 1. The summed E-state index contributed by atoms with van der Waals surface area (Å²) in [7, 11) is 0. The number of carbonyl (C=O) groups is 1. The minimum atomic E-state index is -0.163. The number of amides is 1. The van der Waals surface area contributed by atoms with Gasteiger partial charge in [0, 0.05) is 5.02 Å². The number of aryl methyl sites for hydroxylation is 1. The molecule has 0 aromatic heterocycles. The fourth-order valence-corrected chi connectivity index (χ4v) is 3.49. The molecule has 6 heteroatoms. The van der Waals surface area contributed by atoms with Gasteiger partial charge in [0.2, 0.25) is 0 Å². The SMILES string of the molecule is Cc1cc(O)c(C(C)C)cc1N=C1NC(=O)S/C1=C\c1ccc(Cl)cc1. The summed E-state index contributed by atoms with van der Waals surface area (Å²) in [6, 6.07) is 11.0. The second-order valence-electron chi connectivity index (χ2n) is 6.39. The first-order valence-corrected chi connectivity index (χ1v) is 9.41. The van der Waals surface area contributed by atoms with Gasteiger partial charge < -0.3 is 10.4 Å². The van der Waals surface area contributed by atoms with Gasteiger partial charge in [0.1, 0.15) is 11.6 Å². The van der Waals surface area contributed by atoms with Gasteiger partial charge in [0.05, 0.1) is 10.6 Å². The van der Waals surface area contributed by atoms with Gasteiger partial charge in [-0.3, -0.25) is 4.79 Å². The maximum atomic E-state index is 11.9. The van der Waals surface area contributed by atoms with Crippen molar-refractivity contribution in [3.63, 3.8) is 0 Å². The molecule has 1 saturated heterocycles. The van der Waals surface area contributed by atoms with Crippen molar-refractivity contribution >= 4 is 46.2 Å². The van der Waals surface area contributed by atoms with Crippen LogP contribution >= 0.6 is 23.4 Å². The molecule has 1 heterocycles. The van der Waals surface area contributed by atoms with Gasteiger partial charge >= 0.3 is 0 Å². The van der Waals surface area contributed by atoms with E-state index in [1.54, 1.807) is 18.2 Å². The van der Waals surface area contributed by atoms with Crippen LogP contribution in [0, 0.1) is 6.92 Å². The van der Waals surface area contributed by atoms with E-state index >= 15 is 0 Å². The van der Waals surface area contributed by atoms with Crippen molar-refractivity contribution in [2.24, 2.45) is 4.99 Å². The average molecular weight is 387 g/mol. The van der Waals surface area contributed by atoms with E-state index < -0.39 is 0 Å². The Kier molecular flexibility index (Phi) is 5.39. The van der Waals surface area contributed by atoms with Gasteiger partial charge in [0.15, 0.2) is 0 Å². The predicted octanol–water partition coefficient (Wildman–Crippen LogP) is 6.00. The van der Waals surface area contributed by atoms with Crippen molar-refractivity contribution in [1.82, 2.24) is 5.32 Å². The van der Waals surface area contributed by atoms with Crippen molar-refractivity contribution in [1.29, 1.82) is 0 Å². The fraction of sp³-hybridized carbons (Fsp3) is 0.200. The maximum Gasteiger partial charge on any atom is 0.289 e. The Labute approximate surface area is 162 Å². The zero-order valence-electron chi connectivity index (χ0n) is 14.7. The monoisotopic (exact) mass is 386 g/mol. The van der Waals surface area contributed by atoms with Crippen molar-refractivity contribution in [3.05, 3.63) is 63.0 Å². The van der Waals surface area contributed by atoms with Crippen LogP contribution in [-0.2, 0) is 0 Å². The summed E-state index contributed by atoms with van der Waals surface area (Å²) in [5.74, 6) is 0.952. The van der Waals surface area contributed by atoms with E-state index in [1.165, 1.54) is 0 Å². The number of amidine groups is 1. The lowest BCUT2D eigenvalue weighted by atomic mass is 9.99. The summed E-state index contributed by atoms with van der Waals surface area (Å²) in [4.78, 5) is 17.3. The van der Waals surface area contributed by atoms with E-state index in [2.05, 4.69) is 10.3 Å². The van der Waals surface area contributed by atoms with Gasteiger partial charge in [0.25, 0.3) is 5.24 Å². The number of nitrogens with one attached hydrogen (secondary N) is 1. The Balaban J connectivity index is 2.02. The van der Waals surface area contributed by atoms with Crippen LogP contribution in [0.25, 0.3) is 6.08 Å². The quantitative estimate of drug-likeness (QED) is 0.679. The zero-order valence-corrected chi connectivity index (χ0v) is 16.3. The Morgan fingerprint density at radius 2 is 1.92 bits per heavy atom. The topological polar surface area (TPSA) is 61.7 Å². The van der Waals surface area contributed by atoms with E-state index in [0.29, 0.717) is 10.9 Å². The first kappa shape index (κ1) is 18.5. The molecule has 0 bridgehead atoms. The first-order valence-electron chi connectivity index (χ1n) is 8.22. The molecule has 2 aromatic rings. The third kappa shape index (κ3) is 4.11. The number of benzene rings is 2. The lowest BCUT2D eigenvalue weighted by molar-refractivity contribution is 0.265. The highest BCUT2D eigenvalue weighted by molar-refractivity contribution is 8.18. The molecule has 134 valence electrons. The molecule has 0 unspecified atom stereocenters. The molecular weight excluding hydrogens is 368 g/mol. The van der Waals surface area contributed by atoms with Gasteiger partial charge in [-0.2, -0.15) is 0 Å². The molecule has 2 aromatic carbocycles. The maximum absolute atomic E-state index is 11.9. The van der Waals surface area contributed by atoms with Crippen molar-refractivity contribution < 1.29 is 9.90 Å². The molecule has 26 heavy (non-hydrogen) atoms. The molecule has 3 rings (SSSR count). The van der Waals surface area contributed by atoms with Crippen LogP contribution in [0.5, 0.6) is 5.75 Å². The molecule has 0 spiro atoms. The summed E-state index contributed by atoms with van der Waals surface area (Å²) in [6.45, 7) is 5.91. The summed E-state index contributed by atoms with van der Waals surface area (Å²) in [5, 5.41) is 13.4. The molecule has 4 nitrogen and oxygen atoms in total. The minimum absolute atomic E-state index is 0.163. The van der Waals surface area contributed by atoms with Crippen LogP contribution in [-0.4, -0.2) is 16.2 Å². The van der Waals surface area contributed by atoms with E-state index in [9.17, 15) is 9.90 Å². The third-order valence-electron chi connectivity index (χ3n) is 4.02. The molecule has 2 N–H and O–H groups in total. The predicted molar refractivity (Wildman–Crippen MR) is 110 cm³/mol. The average Bonchev–Trinajstić information content (AvgIpc) is 2.91. The number of nitrogens with zero attached hydrogens (tertiary/aromatic N) is 1. The molecule has 0 aliphatic carbocycles. The molecule has 1 amide bonds. The summed E-state index contributed by atoms with van der Waals surface area (Å²) in [5.41, 5.74) is 3.34. The number of phenolic OH excluding ortho intramolecular Hbond substituents is 1. The second kappa shape index (κ2) is 7.56. The van der Waals surface area contributed by atoms with E-state index in [-0.39, 0.29) is 16.9 Å². The van der Waals surface area contributed by atoms with Crippen LogP contribution < -0.4 is 5.32 Å². The number of rotatable bonds is 3. The number of carbonyl (C=O) groups excluding carboxylic acids is 1. The van der Waals surface area contributed by atoms with E-state index in [1.807, 2.05) is 45.0 Å². The highest BCUT2D eigenvalue weighted by Crippen LogP contribution is 2.34. The first-order chi connectivity index (χ1) is 12.3. The molecule has 1 aliphatic rings. The second-order valence-corrected chi connectivity index (χ2v) is 7.84. The standard InChI is InChI=1S/C20H19ClN2O2S/c1-11(2)15-10-16(12(3)8-17(15)24)22-19-18(26-20(25)23-19)9-13-4-6-14(21)7-5-13/h4-11,24H,1-3H3,(H,22,23,25)/b18-9-. The van der Waals surface area contributed by atoms with Crippen LogP contribution in [0.15, 0.2) is 46.3 Å². The lowest BCUT2D eigenvalue weighted by Gasteiger charge is -2.11. The van der Waals surface area contributed by atoms with Crippen molar-refractivity contribution in [2.75, 3.05) is 0 Å². The normalized spacial score (nSPS) is 17.3. The lowest BCUT2D eigenvalue weighted by Crippen LogP contribution is -2.18. The highest BCUT2D eigenvalue weighted by Gasteiger charge is 2.24. The van der Waals surface area contributed by atoms with Crippen LogP contribution in [0.2, 0.25) is 5.02 Å². The van der Waals surface area contributed by atoms with Crippen molar-refractivity contribution in [3.8, 4) is 5.75 Å². The molecule has 1 aliphatic heterocycles. The van der Waals surface area contributed by atoms with Gasteiger partial charge in [-0.1, -0.05) is 37.6 Å². The van der Waals surface area contributed by atoms with Crippen LogP contribution in [0.3, 0.4) is 0 Å². The molecule has 0 saturated carbocycles. The molecule has 0 atom stereocenters. The minimum Gasteiger partial charge on any atom is -0.508 e. The molecular formula is C20H19ClN2O2S. The number of thioether (sulfide) groups is 1. The summed E-state index contributed by atoms with van der Waals surface area (Å²) >= 11 is 7.03. The molecule has 0 radical (unpaired) electrons. The smallest absolute Gasteiger partial charge is 0.289 e. The number of phenols is 1. The zero-order chi connectivity index (χ0) is 18.8. The Morgan fingerprint density at radius 1 is 1.23 bits per heavy atom. The highest BCUT2D eigenvalue weighted by atomic mass is 35.5.